The van der Waals surface area contributed by atoms with Crippen LogP contribution in [0.15, 0.2) is 58.3 Å². The molecule has 26 heavy (non-hydrogen) atoms. The quantitative estimate of drug-likeness (QED) is 0.715. The van der Waals surface area contributed by atoms with E-state index in [-0.39, 0.29) is 10.9 Å². The van der Waals surface area contributed by atoms with E-state index in [1.165, 1.54) is 0 Å². The summed E-state index contributed by atoms with van der Waals surface area (Å²) in [6.07, 6.45) is 5.43. The Hall–Kier alpha value is -1.21. The predicted octanol–water partition coefficient (Wildman–Crippen LogP) is 4.21. The van der Waals surface area contributed by atoms with Crippen LogP contribution in [0.1, 0.15) is 31.2 Å². The van der Waals surface area contributed by atoms with Gasteiger partial charge in [0.1, 0.15) is 0 Å². The van der Waals surface area contributed by atoms with Crippen LogP contribution in [-0.4, -0.2) is 29.2 Å². The summed E-state index contributed by atoms with van der Waals surface area (Å²) < 4.78 is 39.8. The number of benzene rings is 2. The second-order valence-electron chi connectivity index (χ2n) is 6.54. The van der Waals surface area contributed by atoms with Crippen LogP contribution >= 0.6 is 11.6 Å². The van der Waals surface area contributed by atoms with Gasteiger partial charge in [0, 0.05) is 39.6 Å². The van der Waals surface area contributed by atoms with E-state index in [4.69, 9.17) is 11.6 Å². The van der Waals surface area contributed by atoms with E-state index in [9.17, 15) is 12.6 Å². The van der Waals surface area contributed by atoms with Crippen LogP contribution in [0.3, 0.4) is 0 Å². The maximum Gasteiger partial charge on any atom is 0.243 e. The van der Waals surface area contributed by atoms with Crippen molar-refractivity contribution >= 4 is 32.4 Å². The summed E-state index contributed by atoms with van der Waals surface area (Å²) in [6.45, 7) is 0.325. The minimum absolute atomic E-state index is 0.00987. The average Bonchev–Trinajstić information content (AvgIpc) is 3.15. The Bertz CT molecular complexity index is 874. The smallest absolute Gasteiger partial charge is 0.243 e. The lowest BCUT2D eigenvalue weighted by atomic mass is 10.2. The second-order valence-corrected chi connectivity index (χ2v) is 10.2. The van der Waals surface area contributed by atoms with Crippen molar-refractivity contribution in [2.45, 2.75) is 48.1 Å². The first-order valence-electron chi connectivity index (χ1n) is 8.58. The Morgan fingerprint density at radius 2 is 1.62 bits per heavy atom. The molecule has 0 aromatic heterocycles. The fourth-order valence-electron chi connectivity index (χ4n) is 3.31. The molecule has 1 fully saturated rings. The summed E-state index contributed by atoms with van der Waals surface area (Å²) in [7, 11) is -4.77. The van der Waals surface area contributed by atoms with Crippen molar-refractivity contribution in [1.82, 2.24) is 4.31 Å². The number of halogens is 1. The van der Waals surface area contributed by atoms with Gasteiger partial charge in [0.25, 0.3) is 0 Å². The van der Waals surface area contributed by atoms with Gasteiger partial charge in [0.2, 0.25) is 10.0 Å². The van der Waals surface area contributed by atoms with Gasteiger partial charge in [-0.1, -0.05) is 36.6 Å². The first-order chi connectivity index (χ1) is 12.4. The molecule has 1 aliphatic rings. The first-order valence-corrected chi connectivity index (χ1v) is 12.0. The zero-order valence-electron chi connectivity index (χ0n) is 14.6. The molecule has 1 atom stereocenters. The lowest BCUT2D eigenvalue weighted by molar-refractivity contribution is 0.316. The van der Waals surface area contributed by atoms with Gasteiger partial charge < -0.3 is 0 Å². The molecule has 0 heterocycles. The Balaban J connectivity index is 1.93. The molecule has 1 saturated carbocycles. The topological polar surface area (TPSA) is 54.5 Å². The van der Waals surface area contributed by atoms with E-state index in [2.05, 4.69) is 0 Å². The average molecular weight is 412 g/mol. The van der Waals surface area contributed by atoms with Crippen molar-refractivity contribution in [1.29, 1.82) is 0 Å². The lowest BCUT2D eigenvalue weighted by Gasteiger charge is -2.28. The highest BCUT2D eigenvalue weighted by Crippen LogP contribution is 2.30. The van der Waals surface area contributed by atoms with Crippen molar-refractivity contribution in [2.75, 3.05) is 6.26 Å². The number of hydrogen-bond donors (Lipinski definition) is 0. The van der Waals surface area contributed by atoms with Gasteiger partial charge in [-0.05, 0) is 54.8 Å². The Morgan fingerprint density at radius 1 is 1.04 bits per heavy atom. The Kier molecular flexibility index (Phi) is 6.17. The number of nitrogens with zero attached hydrogens (tertiary/aromatic N) is 1. The van der Waals surface area contributed by atoms with Crippen LogP contribution in [0, 0.1) is 0 Å². The monoisotopic (exact) mass is 411 g/mol. The highest BCUT2D eigenvalue weighted by Gasteiger charge is 2.33. The minimum Gasteiger partial charge on any atom is -0.255 e. The molecule has 3 rings (SSSR count). The normalized spacial score (nSPS) is 16.9. The summed E-state index contributed by atoms with van der Waals surface area (Å²) in [4.78, 5) is 0.863. The van der Waals surface area contributed by atoms with Gasteiger partial charge in [-0.3, -0.25) is 4.21 Å². The molecule has 1 aliphatic carbocycles. The molecule has 2 aromatic rings. The highest BCUT2D eigenvalue weighted by molar-refractivity contribution is 7.89. The molecule has 0 saturated heterocycles. The van der Waals surface area contributed by atoms with Gasteiger partial charge in [-0.2, -0.15) is 4.31 Å². The first kappa shape index (κ1) is 19.5. The van der Waals surface area contributed by atoms with Crippen molar-refractivity contribution in [3.8, 4) is 0 Å². The van der Waals surface area contributed by atoms with Gasteiger partial charge in [0.15, 0.2) is 0 Å². The van der Waals surface area contributed by atoms with E-state index < -0.39 is 20.8 Å². The predicted molar refractivity (Wildman–Crippen MR) is 105 cm³/mol. The molecular formula is C19H22ClNO3S2. The van der Waals surface area contributed by atoms with Gasteiger partial charge in [-0.25, -0.2) is 8.42 Å². The molecule has 0 radical (unpaired) electrons. The highest BCUT2D eigenvalue weighted by atomic mass is 35.5. The minimum atomic E-state index is -3.63. The second kappa shape index (κ2) is 8.21. The molecule has 4 nitrogen and oxygen atoms in total. The molecule has 0 amide bonds. The largest absolute Gasteiger partial charge is 0.255 e. The number of rotatable bonds is 6. The molecule has 0 N–H and O–H groups in total. The maximum absolute atomic E-state index is 13.3. The zero-order chi connectivity index (χ0) is 18.7. The van der Waals surface area contributed by atoms with Gasteiger partial charge >= 0.3 is 0 Å². The van der Waals surface area contributed by atoms with E-state index in [0.29, 0.717) is 16.5 Å². The van der Waals surface area contributed by atoms with Crippen LogP contribution in [0.2, 0.25) is 5.02 Å². The van der Waals surface area contributed by atoms with E-state index in [1.807, 2.05) is 12.1 Å². The molecule has 2 aromatic carbocycles. The van der Waals surface area contributed by atoms with Crippen molar-refractivity contribution in [3.05, 3.63) is 59.1 Å². The summed E-state index contributed by atoms with van der Waals surface area (Å²) in [6, 6.07) is 13.6. The Morgan fingerprint density at radius 3 is 2.15 bits per heavy atom. The summed E-state index contributed by atoms with van der Waals surface area (Å²) in [5.74, 6) is 0. The summed E-state index contributed by atoms with van der Waals surface area (Å²) in [5, 5.41) is 0.632. The van der Waals surface area contributed by atoms with Gasteiger partial charge in [-0.15, -0.1) is 0 Å². The number of hydrogen-bond acceptors (Lipinski definition) is 3. The summed E-state index contributed by atoms with van der Waals surface area (Å²) in [5.41, 5.74) is 0.913. The van der Waals surface area contributed by atoms with E-state index in [0.717, 1.165) is 31.2 Å². The number of sulfonamides is 1. The molecule has 7 heteroatoms. The van der Waals surface area contributed by atoms with Crippen molar-refractivity contribution in [2.24, 2.45) is 0 Å². The summed E-state index contributed by atoms with van der Waals surface area (Å²) >= 11 is 5.94. The third-order valence-electron chi connectivity index (χ3n) is 4.75. The fourth-order valence-corrected chi connectivity index (χ4v) is 5.63. The van der Waals surface area contributed by atoms with Crippen LogP contribution in [0.4, 0.5) is 0 Å². The SMILES string of the molecule is CS(=O)c1ccc(S(=O)(=O)N(Cc2ccc(Cl)cc2)C2CCCC2)cc1. The zero-order valence-corrected chi connectivity index (χ0v) is 17.0. The van der Waals surface area contributed by atoms with E-state index >= 15 is 0 Å². The van der Waals surface area contributed by atoms with Gasteiger partial charge in [0.05, 0.1) is 4.90 Å². The molecule has 140 valence electrons. The van der Waals surface area contributed by atoms with Crippen molar-refractivity contribution < 1.29 is 12.6 Å². The molecule has 0 aliphatic heterocycles. The van der Waals surface area contributed by atoms with Crippen LogP contribution < -0.4 is 0 Å². The lowest BCUT2D eigenvalue weighted by Crippen LogP contribution is -2.38. The third kappa shape index (κ3) is 4.36. The van der Waals surface area contributed by atoms with Crippen molar-refractivity contribution in [3.63, 3.8) is 0 Å². The molecular weight excluding hydrogens is 390 g/mol. The third-order valence-corrected chi connectivity index (χ3v) is 7.85. The van der Waals surface area contributed by atoms with E-state index in [1.54, 1.807) is 47.0 Å². The molecule has 0 bridgehead atoms. The Labute approximate surface area is 162 Å². The maximum atomic E-state index is 13.3. The van der Waals surface area contributed by atoms with Crippen LogP contribution in [-0.2, 0) is 27.4 Å². The standard InChI is InChI=1S/C19H22ClNO3S2/c1-25(22)18-10-12-19(13-11-18)26(23,24)21(17-4-2-3-5-17)14-15-6-8-16(20)9-7-15/h6-13,17H,2-5,14H2,1H3. The molecule has 1 unspecified atom stereocenters. The molecule has 0 spiro atoms. The fraction of sp³-hybridized carbons (Fsp3) is 0.368. The van der Waals surface area contributed by atoms with Crippen LogP contribution in [0.5, 0.6) is 0 Å². The van der Waals surface area contributed by atoms with Crippen LogP contribution in [0.25, 0.3) is 0 Å².